The van der Waals surface area contributed by atoms with Crippen LogP contribution in [0.3, 0.4) is 0 Å². The molecular weight excluding hydrogens is 212 g/mol. The van der Waals surface area contributed by atoms with Crippen molar-refractivity contribution in [3.63, 3.8) is 0 Å². The highest BCUT2D eigenvalue weighted by Crippen LogP contribution is 2.18. The van der Waals surface area contributed by atoms with Gasteiger partial charge in [-0.15, -0.1) is 0 Å². The van der Waals surface area contributed by atoms with E-state index in [1.807, 2.05) is 18.2 Å². The molecule has 0 aliphatic heterocycles. The summed E-state index contributed by atoms with van der Waals surface area (Å²) in [5, 5.41) is 3.54. The minimum absolute atomic E-state index is 0.745. The molecule has 0 radical (unpaired) electrons. The maximum Gasteiger partial charge on any atom is 0.108 e. The molecule has 0 amide bonds. The highest BCUT2D eigenvalue weighted by molar-refractivity contribution is 5.78. The van der Waals surface area contributed by atoms with E-state index in [2.05, 4.69) is 15.3 Å². The number of nitrogen functional groups attached to an aromatic ring is 1. The third-order valence-corrected chi connectivity index (χ3v) is 3.45. The summed E-state index contributed by atoms with van der Waals surface area (Å²) in [5.41, 5.74) is 8.55. The summed E-state index contributed by atoms with van der Waals surface area (Å²) >= 11 is 0. The number of anilines is 1. The van der Waals surface area contributed by atoms with Crippen molar-refractivity contribution in [1.82, 2.24) is 15.3 Å². The number of nitrogens with one attached hydrogen (secondary N) is 2. The number of hydrogen-bond donors (Lipinski definition) is 3. The Morgan fingerprint density at radius 3 is 3.06 bits per heavy atom. The fourth-order valence-electron chi connectivity index (χ4n) is 2.21. The molecule has 3 rings (SSSR count). The molecule has 1 heterocycles. The van der Waals surface area contributed by atoms with E-state index in [1.54, 1.807) is 0 Å². The van der Waals surface area contributed by atoms with Gasteiger partial charge in [-0.25, -0.2) is 4.98 Å². The molecule has 17 heavy (non-hydrogen) atoms. The van der Waals surface area contributed by atoms with Gasteiger partial charge in [-0.05, 0) is 31.0 Å². The Kier molecular flexibility index (Phi) is 2.73. The molecule has 1 aromatic heterocycles. The zero-order valence-electron chi connectivity index (χ0n) is 9.87. The van der Waals surface area contributed by atoms with Crippen molar-refractivity contribution in [2.75, 3.05) is 12.3 Å². The Labute approximate surface area is 101 Å². The summed E-state index contributed by atoms with van der Waals surface area (Å²) < 4.78 is 0. The van der Waals surface area contributed by atoms with Crippen LogP contribution in [0.1, 0.15) is 25.1 Å². The van der Waals surface area contributed by atoms with Gasteiger partial charge in [-0.3, -0.25) is 0 Å². The van der Waals surface area contributed by atoms with E-state index in [0.717, 1.165) is 41.6 Å². The van der Waals surface area contributed by atoms with Crippen molar-refractivity contribution < 1.29 is 0 Å². The zero-order valence-corrected chi connectivity index (χ0v) is 9.87. The number of benzene rings is 1. The number of nitrogens with two attached hydrogens (primary N) is 1. The molecule has 2 aromatic rings. The average Bonchev–Trinajstić information content (AvgIpc) is 2.63. The summed E-state index contributed by atoms with van der Waals surface area (Å²) in [6, 6.07) is 6.53. The highest BCUT2D eigenvalue weighted by Gasteiger charge is 2.15. The van der Waals surface area contributed by atoms with Crippen LogP contribution in [0.2, 0.25) is 0 Å². The van der Waals surface area contributed by atoms with Gasteiger partial charge in [0.15, 0.2) is 0 Å². The lowest BCUT2D eigenvalue weighted by Gasteiger charge is -2.26. The SMILES string of the molecule is Nc1ccc2nc(CCNC3CCC3)[nH]c2c1. The lowest BCUT2D eigenvalue weighted by Crippen LogP contribution is -2.36. The number of fused-ring (bicyclic) bond motifs is 1. The van der Waals surface area contributed by atoms with E-state index in [9.17, 15) is 0 Å². The number of rotatable bonds is 4. The van der Waals surface area contributed by atoms with Gasteiger partial charge < -0.3 is 16.0 Å². The molecule has 4 nitrogen and oxygen atoms in total. The van der Waals surface area contributed by atoms with Crippen molar-refractivity contribution in [3.05, 3.63) is 24.0 Å². The van der Waals surface area contributed by atoms with Crippen molar-refractivity contribution >= 4 is 16.7 Å². The van der Waals surface area contributed by atoms with Gasteiger partial charge >= 0.3 is 0 Å². The van der Waals surface area contributed by atoms with Crippen molar-refractivity contribution in [2.45, 2.75) is 31.7 Å². The lowest BCUT2D eigenvalue weighted by molar-refractivity contribution is 0.341. The van der Waals surface area contributed by atoms with Crippen molar-refractivity contribution in [1.29, 1.82) is 0 Å². The molecule has 4 heteroatoms. The molecule has 1 fully saturated rings. The molecule has 1 aliphatic rings. The van der Waals surface area contributed by atoms with Crippen molar-refractivity contribution in [2.24, 2.45) is 0 Å². The largest absolute Gasteiger partial charge is 0.399 e. The van der Waals surface area contributed by atoms with E-state index in [4.69, 9.17) is 5.73 Å². The van der Waals surface area contributed by atoms with Crippen LogP contribution < -0.4 is 11.1 Å². The number of imidazole rings is 1. The molecule has 0 atom stereocenters. The molecule has 0 bridgehead atoms. The third kappa shape index (κ3) is 2.26. The third-order valence-electron chi connectivity index (χ3n) is 3.45. The van der Waals surface area contributed by atoms with Crippen LogP contribution in [-0.4, -0.2) is 22.6 Å². The van der Waals surface area contributed by atoms with Crippen LogP contribution in [0, 0.1) is 0 Å². The Morgan fingerprint density at radius 2 is 2.29 bits per heavy atom. The normalized spacial score (nSPS) is 16.2. The molecule has 4 N–H and O–H groups in total. The fourth-order valence-corrected chi connectivity index (χ4v) is 2.21. The fraction of sp³-hybridized carbons (Fsp3) is 0.462. The van der Waals surface area contributed by atoms with E-state index >= 15 is 0 Å². The molecular formula is C13H18N4. The van der Waals surface area contributed by atoms with Gasteiger partial charge in [0.2, 0.25) is 0 Å². The van der Waals surface area contributed by atoms with Crippen LogP contribution in [0.5, 0.6) is 0 Å². The van der Waals surface area contributed by atoms with Gasteiger partial charge in [-0.2, -0.15) is 0 Å². The van der Waals surface area contributed by atoms with Crippen LogP contribution >= 0.6 is 0 Å². The Hall–Kier alpha value is -1.55. The summed E-state index contributed by atoms with van der Waals surface area (Å²) in [4.78, 5) is 7.86. The summed E-state index contributed by atoms with van der Waals surface area (Å²) in [6.45, 7) is 1.000. The molecule has 0 spiro atoms. The van der Waals surface area contributed by atoms with Crippen LogP contribution in [0.4, 0.5) is 5.69 Å². The number of aromatic nitrogens is 2. The van der Waals surface area contributed by atoms with Gasteiger partial charge in [0.05, 0.1) is 11.0 Å². The molecule has 1 saturated carbocycles. The first-order valence-corrected chi connectivity index (χ1v) is 6.29. The quantitative estimate of drug-likeness (QED) is 0.702. The topological polar surface area (TPSA) is 66.7 Å². The maximum absolute atomic E-state index is 5.74. The second kappa shape index (κ2) is 4.37. The maximum atomic E-state index is 5.74. The number of H-pyrrole nitrogens is 1. The van der Waals surface area contributed by atoms with Crippen molar-refractivity contribution in [3.8, 4) is 0 Å². The number of nitrogens with zero attached hydrogens (tertiary/aromatic N) is 1. The van der Waals surface area contributed by atoms with Crippen LogP contribution in [0.15, 0.2) is 18.2 Å². The van der Waals surface area contributed by atoms with E-state index in [-0.39, 0.29) is 0 Å². The zero-order chi connectivity index (χ0) is 11.7. The number of hydrogen-bond acceptors (Lipinski definition) is 3. The predicted molar refractivity (Wildman–Crippen MR) is 69.9 cm³/mol. The van der Waals surface area contributed by atoms with Crippen LogP contribution in [0.25, 0.3) is 11.0 Å². The van der Waals surface area contributed by atoms with Gasteiger partial charge in [0.25, 0.3) is 0 Å². The molecule has 90 valence electrons. The number of aromatic amines is 1. The van der Waals surface area contributed by atoms with Gasteiger partial charge in [0, 0.05) is 24.7 Å². The van der Waals surface area contributed by atoms with E-state index in [0.29, 0.717) is 0 Å². The minimum Gasteiger partial charge on any atom is -0.399 e. The van der Waals surface area contributed by atoms with E-state index in [1.165, 1.54) is 19.3 Å². The molecule has 0 saturated heterocycles. The first-order valence-electron chi connectivity index (χ1n) is 6.29. The lowest BCUT2D eigenvalue weighted by atomic mass is 9.93. The Bertz CT molecular complexity index is 513. The van der Waals surface area contributed by atoms with Gasteiger partial charge in [-0.1, -0.05) is 6.42 Å². The standard InChI is InChI=1S/C13H18N4/c14-9-4-5-11-12(8-9)17-13(16-11)6-7-15-10-2-1-3-10/h4-5,8,10,15H,1-3,6-7,14H2,(H,16,17). The highest BCUT2D eigenvalue weighted by atomic mass is 15.0. The predicted octanol–water partition coefficient (Wildman–Crippen LogP) is 1.83. The Balaban J connectivity index is 1.64. The van der Waals surface area contributed by atoms with Crippen LogP contribution in [-0.2, 0) is 6.42 Å². The molecule has 0 unspecified atom stereocenters. The average molecular weight is 230 g/mol. The molecule has 1 aliphatic carbocycles. The minimum atomic E-state index is 0.745. The van der Waals surface area contributed by atoms with Gasteiger partial charge in [0.1, 0.15) is 5.82 Å². The second-order valence-electron chi connectivity index (χ2n) is 4.79. The summed E-state index contributed by atoms with van der Waals surface area (Å²) in [5.74, 6) is 1.04. The Morgan fingerprint density at radius 1 is 1.41 bits per heavy atom. The molecule has 1 aromatic carbocycles. The first kappa shape index (κ1) is 10.6. The first-order chi connectivity index (χ1) is 8.31. The smallest absolute Gasteiger partial charge is 0.108 e. The summed E-state index contributed by atoms with van der Waals surface area (Å²) in [7, 11) is 0. The monoisotopic (exact) mass is 230 g/mol. The summed E-state index contributed by atoms with van der Waals surface area (Å²) in [6.07, 6.45) is 4.99. The second-order valence-corrected chi connectivity index (χ2v) is 4.79. The van der Waals surface area contributed by atoms with E-state index < -0.39 is 0 Å².